The average Bonchev–Trinajstić information content (AvgIpc) is 2.36. The number of aliphatic hydroxyl groups is 2. The van der Waals surface area contributed by atoms with Gasteiger partial charge in [0.1, 0.15) is 6.10 Å². The van der Waals surface area contributed by atoms with E-state index < -0.39 is 18.1 Å². The van der Waals surface area contributed by atoms with Crippen LogP contribution in [0.3, 0.4) is 0 Å². The fourth-order valence-corrected chi connectivity index (χ4v) is 1.92. The van der Waals surface area contributed by atoms with Gasteiger partial charge in [0.15, 0.2) is 11.5 Å². The van der Waals surface area contributed by atoms with Crippen molar-refractivity contribution < 1.29 is 15.0 Å². The number of primary amides is 1. The fourth-order valence-electron chi connectivity index (χ4n) is 1.92. The van der Waals surface area contributed by atoms with Crippen molar-refractivity contribution in [3.8, 4) is 0 Å². The summed E-state index contributed by atoms with van der Waals surface area (Å²) in [4.78, 5) is 25.7. The predicted octanol–water partition coefficient (Wildman–Crippen LogP) is -0.284. The number of aliphatic hydroxyl groups excluding tert-OH is 2. The number of nitrogens with two attached hydrogens (primary N) is 1. The van der Waals surface area contributed by atoms with Crippen LogP contribution in [-0.4, -0.2) is 27.2 Å². The Hall–Kier alpha value is -2.18. The van der Waals surface area contributed by atoms with Crippen molar-refractivity contribution >= 4 is 16.8 Å². The molecular weight excluding hydrogens is 248 g/mol. The second-order valence-corrected chi connectivity index (χ2v) is 4.41. The summed E-state index contributed by atoms with van der Waals surface area (Å²) in [6.07, 6.45) is -3.16. The molecule has 2 aromatic rings. The summed E-state index contributed by atoms with van der Waals surface area (Å²) in [7, 11) is 0. The molecule has 1 amide bonds. The van der Waals surface area contributed by atoms with Gasteiger partial charge < -0.3 is 20.9 Å². The van der Waals surface area contributed by atoms with Crippen LogP contribution in [0.5, 0.6) is 0 Å². The van der Waals surface area contributed by atoms with Crippen molar-refractivity contribution in [2.75, 3.05) is 0 Å². The number of fused-ring (bicyclic) bond motifs is 1. The molecule has 100 valence electrons. The molecule has 2 unspecified atom stereocenters. The summed E-state index contributed by atoms with van der Waals surface area (Å²) in [5, 5.41) is 19.6. The Labute approximate surface area is 108 Å². The highest BCUT2D eigenvalue weighted by Crippen LogP contribution is 2.20. The molecule has 6 heteroatoms. The molecule has 2 rings (SSSR count). The van der Waals surface area contributed by atoms with Gasteiger partial charge in [-0.1, -0.05) is 6.07 Å². The molecule has 0 fully saturated rings. The average molecular weight is 262 g/mol. The van der Waals surface area contributed by atoms with Crippen molar-refractivity contribution in [3.05, 3.63) is 45.7 Å². The number of benzene rings is 1. The molecule has 6 nitrogen and oxygen atoms in total. The van der Waals surface area contributed by atoms with Crippen LogP contribution in [0, 0.1) is 6.92 Å². The lowest BCUT2D eigenvalue weighted by atomic mass is 10.0. The van der Waals surface area contributed by atoms with Crippen LogP contribution in [0.1, 0.15) is 17.4 Å². The van der Waals surface area contributed by atoms with Gasteiger partial charge in [-0.25, -0.2) is 0 Å². The van der Waals surface area contributed by atoms with E-state index in [-0.39, 0.29) is 11.0 Å². The number of carbonyl (C=O) groups excluding carboxylic acids is 1. The maximum atomic E-state index is 11.8. The zero-order chi connectivity index (χ0) is 14.2. The number of hydrogen-bond donors (Lipinski definition) is 4. The minimum absolute atomic E-state index is 0.200. The second kappa shape index (κ2) is 4.83. The van der Waals surface area contributed by atoms with Gasteiger partial charge in [0.2, 0.25) is 5.91 Å². The highest BCUT2D eigenvalue weighted by atomic mass is 16.3. The zero-order valence-electron chi connectivity index (χ0n) is 10.3. The minimum Gasteiger partial charge on any atom is -0.385 e. The first-order valence-corrected chi connectivity index (χ1v) is 5.69. The number of pyridine rings is 1. The number of nitrogens with one attached hydrogen (secondary N) is 1. The van der Waals surface area contributed by atoms with E-state index in [1.54, 1.807) is 13.0 Å². The summed E-state index contributed by atoms with van der Waals surface area (Å²) in [5.74, 6) is -1.02. The van der Waals surface area contributed by atoms with Gasteiger partial charge in [0, 0.05) is 22.7 Å². The second-order valence-electron chi connectivity index (χ2n) is 4.41. The van der Waals surface area contributed by atoms with Crippen molar-refractivity contribution in [1.82, 2.24) is 4.98 Å². The standard InChI is InChI=1S/C13H14N2O4/c1-6-4-10(16)8-5-7(2-3-9(8)15-6)11(17)12(18)13(14)19/h2-5,11-12,17-18H,1H3,(H2,14,19)(H,15,16). The predicted molar refractivity (Wildman–Crippen MR) is 69.5 cm³/mol. The zero-order valence-corrected chi connectivity index (χ0v) is 10.3. The highest BCUT2D eigenvalue weighted by Gasteiger charge is 2.23. The lowest BCUT2D eigenvalue weighted by Crippen LogP contribution is -2.33. The van der Waals surface area contributed by atoms with E-state index in [1.807, 2.05) is 0 Å². The van der Waals surface area contributed by atoms with Gasteiger partial charge in [-0.2, -0.15) is 0 Å². The quantitative estimate of drug-likeness (QED) is 0.608. The van der Waals surface area contributed by atoms with Crippen molar-refractivity contribution in [3.63, 3.8) is 0 Å². The van der Waals surface area contributed by atoms with Gasteiger partial charge in [0.25, 0.3) is 0 Å². The van der Waals surface area contributed by atoms with Crippen LogP contribution in [0.4, 0.5) is 0 Å². The lowest BCUT2D eigenvalue weighted by molar-refractivity contribution is -0.131. The van der Waals surface area contributed by atoms with E-state index in [2.05, 4.69) is 4.98 Å². The van der Waals surface area contributed by atoms with E-state index in [0.29, 0.717) is 10.9 Å². The normalized spacial score (nSPS) is 14.3. The molecule has 0 bridgehead atoms. The summed E-state index contributed by atoms with van der Waals surface area (Å²) >= 11 is 0. The fraction of sp³-hybridized carbons (Fsp3) is 0.231. The van der Waals surface area contributed by atoms with Crippen LogP contribution in [0.15, 0.2) is 29.1 Å². The number of aromatic amines is 1. The van der Waals surface area contributed by atoms with E-state index in [1.165, 1.54) is 18.2 Å². The molecule has 0 saturated heterocycles. The maximum absolute atomic E-state index is 11.8. The number of amides is 1. The first-order chi connectivity index (χ1) is 8.90. The minimum atomic E-state index is -1.71. The molecule has 19 heavy (non-hydrogen) atoms. The number of aryl methyl sites for hydroxylation is 1. The molecule has 1 aromatic heterocycles. The van der Waals surface area contributed by atoms with Crippen molar-refractivity contribution in [1.29, 1.82) is 0 Å². The van der Waals surface area contributed by atoms with Crippen molar-refractivity contribution in [2.45, 2.75) is 19.1 Å². The SMILES string of the molecule is Cc1cc(=O)c2cc(C(O)C(O)C(N)=O)ccc2[nH]1. The molecule has 0 aliphatic carbocycles. The monoisotopic (exact) mass is 262 g/mol. The Morgan fingerprint density at radius 3 is 2.63 bits per heavy atom. The van der Waals surface area contributed by atoms with E-state index in [4.69, 9.17) is 5.73 Å². The third-order valence-electron chi connectivity index (χ3n) is 2.92. The molecule has 5 N–H and O–H groups in total. The Balaban J connectivity index is 2.53. The van der Waals surface area contributed by atoms with Gasteiger partial charge in [-0.3, -0.25) is 9.59 Å². The first-order valence-electron chi connectivity index (χ1n) is 5.69. The molecular formula is C13H14N2O4. The third-order valence-corrected chi connectivity index (χ3v) is 2.92. The highest BCUT2D eigenvalue weighted by molar-refractivity contribution is 5.81. The van der Waals surface area contributed by atoms with E-state index >= 15 is 0 Å². The number of hydrogen-bond acceptors (Lipinski definition) is 4. The Morgan fingerprint density at radius 2 is 2.00 bits per heavy atom. The molecule has 0 radical (unpaired) electrons. The van der Waals surface area contributed by atoms with Crippen LogP contribution < -0.4 is 11.2 Å². The molecule has 0 saturated carbocycles. The Morgan fingerprint density at radius 1 is 1.32 bits per heavy atom. The number of rotatable bonds is 3. The Bertz CT molecular complexity index is 693. The lowest BCUT2D eigenvalue weighted by Gasteiger charge is -2.15. The smallest absolute Gasteiger partial charge is 0.249 e. The number of carbonyl (C=O) groups is 1. The van der Waals surface area contributed by atoms with Crippen LogP contribution in [-0.2, 0) is 4.79 Å². The van der Waals surface area contributed by atoms with Gasteiger partial charge >= 0.3 is 0 Å². The van der Waals surface area contributed by atoms with Crippen LogP contribution in [0.25, 0.3) is 10.9 Å². The molecule has 1 heterocycles. The summed E-state index contributed by atoms with van der Waals surface area (Å²) < 4.78 is 0. The van der Waals surface area contributed by atoms with Gasteiger partial charge in [0.05, 0.1) is 0 Å². The molecule has 0 spiro atoms. The van der Waals surface area contributed by atoms with Crippen molar-refractivity contribution in [2.24, 2.45) is 5.73 Å². The van der Waals surface area contributed by atoms with E-state index in [0.717, 1.165) is 5.69 Å². The number of aromatic nitrogens is 1. The Kier molecular flexibility index (Phi) is 3.37. The molecule has 0 aliphatic heterocycles. The maximum Gasteiger partial charge on any atom is 0.249 e. The topological polar surface area (TPSA) is 116 Å². The number of H-pyrrole nitrogens is 1. The van der Waals surface area contributed by atoms with Gasteiger partial charge in [-0.15, -0.1) is 0 Å². The summed E-state index contributed by atoms with van der Waals surface area (Å²) in [6.45, 7) is 1.76. The summed E-state index contributed by atoms with van der Waals surface area (Å²) in [6, 6.07) is 6.00. The van der Waals surface area contributed by atoms with Crippen LogP contribution in [0.2, 0.25) is 0 Å². The molecule has 2 atom stereocenters. The van der Waals surface area contributed by atoms with E-state index in [9.17, 15) is 19.8 Å². The van der Waals surface area contributed by atoms with Gasteiger partial charge in [-0.05, 0) is 24.6 Å². The summed E-state index contributed by atoms with van der Waals surface area (Å²) in [5.41, 5.74) is 6.32. The molecule has 1 aromatic carbocycles. The third kappa shape index (κ3) is 2.49. The van der Waals surface area contributed by atoms with Crippen LogP contribution >= 0.6 is 0 Å². The first kappa shape index (κ1) is 13.3. The molecule has 0 aliphatic rings. The largest absolute Gasteiger partial charge is 0.385 e.